The summed E-state index contributed by atoms with van der Waals surface area (Å²) in [5.74, 6) is 0.885. The van der Waals surface area contributed by atoms with Crippen LogP contribution in [0, 0.1) is 23.7 Å². The lowest BCUT2D eigenvalue weighted by Gasteiger charge is -2.21. The molecule has 576 valence electrons. The molecule has 0 aliphatic rings. The van der Waals surface area contributed by atoms with Crippen LogP contribution in [-0.2, 0) is 65.4 Å². The number of aliphatic hydroxyl groups is 1. The maximum atomic E-state index is 13.1. The first kappa shape index (κ1) is 95.1. The number of hydrogen-bond donors (Lipinski definition) is 3. The molecule has 0 aliphatic heterocycles. The summed E-state index contributed by atoms with van der Waals surface area (Å²) >= 11 is 0. The minimum absolute atomic E-state index is 0.103. The number of phosphoric ester groups is 2. The minimum Gasteiger partial charge on any atom is -0.462 e. The van der Waals surface area contributed by atoms with Gasteiger partial charge in [-0.25, -0.2) is 9.13 Å². The number of hydrogen-bond acceptors (Lipinski definition) is 15. The quantitative estimate of drug-likeness (QED) is 0.0222. The molecular formula is C78H152O17P2. The average Bonchev–Trinajstić information content (AvgIpc) is 1.41. The highest BCUT2D eigenvalue weighted by Gasteiger charge is 2.30. The van der Waals surface area contributed by atoms with E-state index in [4.69, 9.17) is 37.0 Å². The second-order valence-corrected chi connectivity index (χ2v) is 32.9. The molecule has 0 aromatic heterocycles. The first-order valence-corrected chi connectivity index (χ1v) is 43.2. The Bertz CT molecular complexity index is 1900. The summed E-state index contributed by atoms with van der Waals surface area (Å²) in [6.45, 7) is 14.1. The Morgan fingerprint density at radius 3 is 0.639 bits per heavy atom. The summed E-state index contributed by atoms with van der Waals surface area (Å²) in [6.07, 6.45) is 53.1. The lowest BCUT2D eigenvalue weighted by molar-refractivity contribution is -0.161. The van der Waals surface area contributed by atoms with E-state index in [-0.39, 0.29) is 25.7 Å². The number of unbranched alkanes of at least 4 members (excludes halogenated alkanes) is 41. The van der Waals surface area contributed by atoms with Gasteiger partial charge in [-0.3, -0.25) is 37.3 Å². The maximum Gasteiger partial charge on any atom is 0.472 e. The second kappa shape index (κ2) is 67.2. The number of carbonyl (C=O) groups is 4. The normalized spacial score (nSPS) is 14.1. The van der Waals surface area contributed by atoms with Gasteiger partial charge in [0.1, 0.15) is 19.3 Å². The number of esters is 4. The molecule has 2 unspecified atom stereocenters. The van der Waals surface area contributed by atoms with Crippen LogP contribution >= 0.6 is 15.6 Å². The van der Waals surface area contributed by atoms with Crippen LogP contribution < -0.4 is 0 Å². The summed E-state index contributed by atoms with van der Waals surface area (Å²) in [5, 5.41) is 10.6. The van der Waals surface area contributed by atoms with Crippen molar-refractivity contribution in [2.24, 2.45) is 23.7 Å². The Kier molecular flexibility index (Phi) is 65.9. The fraction of sp³-hybridized carbons (Fsp3) is 0.949. The van der Waals surface area contributed by atoms with E-state index in [9.17, 15) is 43.2 Å². The van der Waals surface area contributed by atoms with Crippen molar-refractivity contribution in [2.45, 2.75) is 414 Å². The van der Waals surface area contributed by atoms with Crippen molar-refractivity contribution >= 4 is 39.5 Å². The van der Waals surface area contributed by atoms with Gasteiger partial charge in [0.15, 0.2) is 12.2 Å². The van der Waals surface area contributed by atoms with Crippen molar-refractivity contribution in [3.8, 4) is 0 Å². The third kappa shape index (κ3) is 72.2. The number of carbonyl (C=O) groups excluding carboxylic acids is 4. The Labute approximate surface area is 594 Å². The molecule has 0 aromatic carbocycles. The topological polar surface area (TPSA) is 237 Å². The molecule has 0 radical (unpaired) electrons. The van der Waals surface area contributed by atoms with Gasteiger partial charge < -0.3 is 33.8 Å². The minimum atomic E-state index is -4.96. The largest absolute Gasteiger partial charge is 0.472 e. The van der Waals surface area contributed by atoms with Gasteiger partial charge in [-0.1, -0.05) is 344 Å². The molecule has 0 saturated heterocycles. The Hall–Kier alpha value is -1.94. The highest BCUT2D eigenvalue weighted by molar-refractivity contribution is 7.47. The number of phosphoric acid groups is 2. The standard InChI is InChI=1S/C78H152O17P2/c1-68(2)54-46-38-30-24-20-16-13-11-9-10-12-14-18-22-26-33-42-50-58-75(80)88-64-73(94-77(82)60-52-44-34-27-23-19-15-17-21-25-31-39-47-55-69(3)4)66-92-96(84,85)90-62-72(79)63-91-97(86,87)93-67-74(65-89-76(81)59-51-43-37-36-41-49-57-71(7)8)95-78(83)61-53-45-35-29-28-32-40-48-56-70(5)6/h68-74,79H,9-67H2,1-8H3,(H,84,85)(H,86,87)/t72-,73-,74-/m1/s1. The van der Waals surface area contributed by atoms with Gasteiger partial charge in [0.2, 0.25) is 0 Å². The van der Waals surface area contributed by atoms with E-state index in [0.717, 1.165) is 114 Å². The van der Waals surface area contributed by atoms with Crippen LogP contribution in [0.5, 0.6) is 0 Å². The molecule has 0 saturated carbocycles. The molecule has 0 rings (SSSR count). The third-order valence-electron chi connectivity index (χ3n) is 18.1. The predicted octanol–water partition coefficient (Wildman–Crippen LogP) is 22.8. The van der Waals surface area contributed by atoms with Gasteiger partial charge >= 0.3 is 39.5 Å². The van der Waals surface area contributed by atoms with Gasteiger partial charge in [0.25, 0.3) is 0 Å². The molecule has 97 heavy (non-hydrogen) atoms. The van der Waals surface area contributed by atoms with Crippen LogP contribution in [0.15, 0.2) is 0 Å². The zero-order chi connectivity index (χ0) is 71.7. The van der Waals surface area contributed by atoms with Crippen LogP contribution in [-0.4, -0.2) is 96.7 Å². The van der Waals surface area contributed by atoms with Gasteiger partial charge in [0.05, 0.1) is 26.4 Å². The Morgan fingerprint density at radius 1 is 0.258 bits per heavy atom. The zero-order valence-corrected chi connectivity index (χ0v) is 65.5. The van der Waals surface area contributed by atoms with Crippen molar-refractivity contribution in [1.82, 2.24) is 0 Å². The molecule has 0 fully saturated rings. The summed E-state index contributed by atoms with van der Waals surface area (Å²) in [4.78, 5) is 72.8. The number of aliphatic hydroxyl groups excluding tert-OH is 1. The average molecular weight is 1420 g/mol. The maximum absolute atomic E-state index is 13.1. The smallest absolute Gasteiger partial charge is 0.462 e. The van der Waals surface area contributed by atoms with Crippen molar-refractivity contribution in [3.63, 3.8) is 0 Å². The summed E-state index contributed by atoms with van der Waals surface area (Å²) in [5.41, 5.74) is 0. The molecular weight excluding hydrogens is 1270 g/mol. The van der Waals surface area contributed by atoms with E-state index in [1.165, 1.54) is 193 Å². The van der Waals surface area contributed by atoms with Crippen LogP contribution in [0.1, 0.15) is 396 Å². The van der Waals surface area contributed by atoms with Gasteiger partial charge in [-0.15, -0.1) is 0 Å². The highest BCUT2D eigenvalue weighted by atomic mass is 31.2. The van der Waals surface area contributed by atoms with E-state index in [0.29, 0.717) is 31.6 Å². The van der Waals surface area contributed by atoms with Crippen LogP contribution in [0.3, 0.4) is 0 Å². The fourth-order valence-corrected chi connectivity index (χ4v) is 13.5. The van der Waals surface area contributed by atoms with E-state index in [1.54, 1.807) is 0 Å². The monoisotopic (exact) mass is 1420 g/mol. The molecule has 0 heterocycles. The second-order valence-electron chi connectivity index (χ2n) is 30.0. The van der Waals surface area contributed by atoms with Crippen molar-refractivity contribution < 1.29 is 80.2 Å². The summed E-state index contributed by atoms with van der Waals surface area (Å²) in [6, 6.07) is 0. The predicted molar refractivity (Wildman–Crippen MR) is 395 cm³/mol. The van der Waals surface area contributed by atoms with E-state index < -0.39 is 97.5 Å². The van der Waals surface area contributed by atoms with Crippen molar-refractivity contribution in [2.75, 3.05) is 39.6 Å². The number of ether oxygens (including phenoxy) is 4. The fourth-order valence-electron chi connectivity index (χ4n) is 11.9. The van der Waals surface area contributed by atoms with Crippen LogP contribution in [0.2, 0.25) is 0 Å². The SMILES string of the molecule is CC(C)CCCCCCCCCCCCCCCCCCCCC(=O)OC[C@H](COP(=O)(O)OC[C@@H](O)COP(=O)(O)OC[C@@H](COC(=O)CCCCCCCCC(C)C)OC(=O)CCCCCCCCCCC(C)C)OC(=O)CCCCCCCCCCCCCCCC(C)C. The van der Waals surface area contributed by atoms with Crippen LogP contribution in [0.25, 0.3) is 0 Å². The summed E-state index contributed by atoms with van der Waals surface area (Å²) in [7, 11) is -9.91. The molecule has 3 N–H and O–H groups in total. The van der Waals surface area contributed by atoms with E-state index in [2.05, 4.69) is 55.4 Å². The van der Waals surface area contributed by atoms with E-state index in [1.807, 2.05) is 0 Å². The molecule has 0 amide bonds. The molecule has 19 heteroatoms. The number of rotatable bonds is 75. The molecule has 0 spiro atoms. The van der Waals surface area contributed by atoms with Gasteiger partial charge in [0, 0.05) is 25.7 Å². The van der Waals surface area contributed by atoms with Crippen LogP contribution in [0.4, 0.5) is 0 Å². The molecule has 0 aliphatic carbocycles. The first-order chi connectivity index (χ1) is 46.6. The zero-order valence-electron chi connectivity index (χ0n) is 63.7. The Balaban J connectivity index is 5.19. The third-order valence-corrected chi connectivity index (χ3v) is 20.0. The molecule has 5 atom stereocenters. The van der Waals surface area contributed by atoms with Crippen molar-refractivity contribution in [1.29, 1.82) is 0 Å². The van der Waals surface area contributed by atoms with Gasteiger partial charge in [-0.05, 0) is 49.4 Å². The summed E-state index contributed by atoms with van der Waals surface area (Å²) < 4.78 is 68.5. The Morgan fingerprint density at radius 2 is 0.433 bits per heavy atom. The lowest BCUT2D eigenvalue weighted by Crippen LogP contribution is -2.30. The van der Waals surface area contributed by atoms with Gasteiger partial charge in [-0.2, -0.15) is 0 Å². The first-order valence-electron chi connectivity index (χ1n) is 40.2. The highest BCUT2D eigenvalue weighted by Crippen LogP contribution is 2.45. The van der Waals surface area contributed by atoms with E-state index >= 15 is 0 Å². The lowest BCUT2D eigenvalue weighted by atomic mass is 10.0. The van der Waals surface area contributed by atoms with Crippen molar-refractivity contribution in [3.05, 3.63) is 0 Å². The molecule has 0 bridgehead atoms. The molecule has 17 nitrogen and oxygen atoms in total. The molecule has 0 aromatic rings.